The van der Waals surface area contributed by atoms with E-state index in [1.54, 1.807) is 13.0 Å². The van der Waals surface area contributed by atoms with Gasteiger partial charge in [0.05, 0.1) is 5.56 Å². The summed E-state index contributed by atoms with van der Waals surface area (Å²) in [5, 5.41) is 9.05. The van der Waals surface area contributed by atoms with Crippen molar-refractivity contribution in [3.63, 3.8) is 0 Å². The van der Waals surface area contributed by atoms with Crippen LogP contribution < -0.4 is 4.90 Å². The van der Waals surface area contributed by atoms with Crippen molar-refractivity contribution >= 4 is 11.6 Å². The lowest BCUT2D eigenvalue weighted by molar-refractivity contribution is 0.0963. The van der Waals surface area contributed by atoms with Crippen molar-refractivity contribution in [2.45, 2.75) is 32.2 Å². The largest absolute Gasteiger partial charge is 0.450 e. The maximum atomic E-state index is 13.3. The molecule has 1 saturated heterocycles. The van der Waals surface area contributed by atoms with Crippen LogP contribution >= 0.6 is 0 Å². The van der Waals surface area contributed by atoms with Crippen molar-refractivity contribution in [3.05, 3.63) is 52.5 Å². The standard InChI is InChI=1S/C20H21N3O2/c1-12-4-5-18-16(8-12)17-11-22(3)7-6-19(17)23(18)20(24)15-9-14(10-21)25-13(15)2/h4-5,8-9,17,19H,6-7,11H2,1-3H3/t17-,19-/m1/s1. The molecule has 1 fully saturated rings. The zero-order chi connectivity index (χ0) is 17.7. The fourth-order valence-corrected chi connectivity index (χ4v) is 4.23. The summed E-state index contributed by atoms with van der Waals surface area (Å²) in [6, 6.07) is 10.0. The number of fused-ring (bicyclic) bond motifs is 3. The number of likely N-dealkylation sites (tertiary alicyclic amines) is 1. The Balaban J connectivity index is 1.80. The van der Waals surface area contributed by atoms with Crippen LogP contribution in [-0.4, -0.2) is 37.0 Å². The normalized spacial score (nSPS) is 22.4. The van der Waals surface area contributed by atoms with Crippen LogP contribution in [0, 0.1) is 25.2 Å². The lowest BCUT2D eigenvalue weighted by atomic mass is 9.88. The van der Waals surface area contributed by atoms with Crippen molar-refractivity contribution in [1.82, 2.24) is 4.90 Å². The number of carbonyl (C=O) groups excluding carboxylic acids is 1. The number of benzene rings is 1. The molecule has 2 aromatic rings. The van der Waals surface area contributed by atoms with Crippen molar-refractivity contribution in [2.75, 3.05) is 25.0 Å². The highest BCUT2D eigenvalue weighted by molar-refractivity contribution is 6.09. The van der Waals surface area contributed by atoms with Gasteiger partial charge in [0.1, 0.15) is 11.8 Å². The van der Waals surface area contributed by atoms with Crippen LogP contribution in [0.1, 0.15) is 45.3 Å². The number of hydrogen-bond acceptors (Lipinski definition) is 4. The molecule has 4 rings (SSSR count). The highest BCUT2D eigenvalue weighted by atomic mass is 16.3. The highest BCUT2D eigenvalue weighted by Gasteiger charge is 2.44. The molecule has 1 aromatic carbocycles. The number of aryl methyl sites for hydroxylation is 2. The van der Waals surface area contributed by atoms with E-state index >= 15 is 0 Å². The van der Waals surface area contributed by atoms with Gasteiger partial charge in [-0.3, -0.25) is 4.79 Å². The number of likely N-dealkylation sites (N-methyl/N-ethyl adjacent to an activating group) is 1. The molecular weight excluding hydrogens is 314 g/mol. The van der Waals surface area contributed by atoms with Crippen molar-refractivity contribution in [2.24, 2.45) is 0 Å². The summed E-state index contributed by atoms with van der Waals surface area (Å²) in [5.41, 5.74) is 3.96. The first kappa shape index (κ1) is 15.9. The quantitative estimate of drug-likeness (QED) is 0.803. The molecule has 1 aromatic heterocycles. The Morgan fingerprint density at radius 3 is 2.84 bits per heavy atom. The van der Waals surface area contributed by atoms with E-state index in [0.717, 1.165) is 25.2 Å². The van der Waals surface area contributed by atoms with Crippen LogP contribution in [0.2, 0.25) is 0 Å². The Bertz CT molecular complexity index is 893. The van der Waals surface area contributed by atoms with E-state index in [9.17, 15) is 4.79 Å². The third-order valence-corrected chi connectivity index (χ3v) is 5.43. The summed E-state index contributed by atoms with van der Waals surface area (Å²) in [5.74, 6) is 0.959. The fraction of sp³-hybridized carbons (Fsp3) is 0.400. The lowest BCUT2D eigenvalue weighted by Gasteiger charge is -2.36. The summed E-state index contributed by atoms with van der Waals surface area (Å²) in [7, 11) is 2.13. The van der Waals surface area contributed by atoms with Crippen molar-refractivity contribution in [1.29, 1.82) is 5.26 Å². The topological polar surface area (TPSA) is 60.5 Å². The van der Waals surface area contributed by atoms with Gasteiger partial charge in [-0.25, -0.2) is 0 Å². The zero-order valence-electron chi connectivity index (χ0n) is 14.7. The molecule has 0 saturated carbocycles. The van der Waals surface area contributed by atoms with Gasteiger partial charge in [0.15, 0.2) is 0 Å². The van der Waals surface area contributed by atoms with E-state index in [0.29, 0.717) is 17.2 Å². The molecule has 0 N–H and O–H groups in total. The van der Waals surface area contributed by atoms with Gasteiger partial charge in [-0.1, -0.05) is 17.7 Å². The first-order valence-electron chi connectivity index (χ1n) is 8.62. The summed E-state index contributed by atoms with van der Waals surface area (Å²) in [6.45, 7) is 5.77. The van der Waals surface area contributed by atoms with Gasteiger partial charge >= 0.3 is 0 Å². The van der Waals surface area contributed by atoms with Crippen LogP contribution in [0.15, 0.2) is 28.7 Å². The smallest absolute Gasteiger partial charge is 0.262 e. The van der Waals surface area contributed by atoms with Crippen LogP contribution in [0.4, 0.5) is 5.69 Å². The minimum Gasteiger partial charge on any atom is -0.450 e. The van der Waals surface area contributed by atoms with Gasteiger partial charge in [-0.15, -0.1) is 0 Å². The van der Waals surface area contributed by atoms with E-state index in [2.05, 4.69) is 37.1 Å². The van der Waals surface area contributed by atoms with E-state index in [1.165, 1.54) is 11.1 Å². The number of hydrogen-bond donors (Lipinski definition) is 0. The molecule has 0 aliphatic carbocycles. The number of furan rings is 1. The molecule has 0 radical (unpaired) electrons. The maximum absolute atomic E-state index is 13.3. The Kier molecular flexibility index (Phi) is 3.66. The van der Waals surface area contributed by atoms with Gasteiger partial charge in [-0.2, -0.15) is 5.26 Å². The molecule has 5 heteroatoms. The second-order valence-electron chi connectivity index (χ2n) is 7.15. The summed E-state index contributed by atoms with van der Waals surface area (Å²) >= 11 is 0. The summed E-state index contributed by atoms with van der Waals surface area (Å²) < 4.78 is 5.39. The third kappa shape index (κ3) is 2.45. The average molecular weight is 335 g/mol. The van der Waals surface area contributed by atoms with Gasteiger partial charge in [0, 0.05) is 30.3 Å². The predicted molar refractivity (Wildman–Crippen MR) is 94.8 cm³/mol. The lowest BCUT2D eigenvalue weighted by Crippen LogP contribution is -2.47. The minimum atomic E-state index is -0.0649. The highest BCUT2D eigenvalue weighted by Crippen LogP contribution is 2.45. The van der Waals surface area contributed by atoms with Crippen molar-refractivity contribution < 1.29 is 9.21 Å². The molecule has 2 aliphatic rings. The van der Waals surface area contributed by atoms with Gasteiger partial charge in [0.25, 0.3) is 5.91 Å². The van der Waals surface area contributed by atoms with E-state index < -0.39 is 0 Å². The van der Waals surface area contributed by atoms with Gasteiger partial charge in [-0.05, 0) is 45.5 Å². The second kappa shape index (κ2) is 5.75. The molecule has 2 aliphatic heterocycles. The molecule has 128 valence electrons. The Morgan fingerprint density at radius 1 is 1.32 bits per heavy atom. The molecular formula is C20H21N3O2. The fourth-order valence-electron chi connectivity index (χ4n) is 4.23. The summed E-state index contributed by atoms with van der Waals surface area (Å²) in [4.78, 5) is 17.6. The molecule has 25 heavy (non-hydrogen) atoms. The monoisotopic (exact) mass is 335 g/mol. The first-order chi connectivity index (χ1) is 12.0. The number of rotatable bonds is 1. The average Bonchev–Trinajstić information content (AvgIpc) is 3.12. The van der Waals surface area contributed by atoms with Gasteiger partial charge < -0.3 is 14.2 Å². The first-order valence-corrected chi connectivity index (χ1v) is 8.62. The Labute approximate surface area is 147 Å². The number of nitriles is 1. The molecule has 0 unspecified atom stereocenters. The number of piperidine rings is 1. The molecule has 0 bridgehead atoms. The number of amides is 1. The molecule has 0 spiro atoms. The molecule has 3 heterocycles. The predicted octanol–water partition coefficient (Wildman–Crippen LogP) is 3.22. The van der Waals surface area contributed by atoms with Crippen LogP contribution in [-0.2, 0) is 0 Å². The van der Waals surface area contributed by atoms with E-state index in [-0.39, 0.29) is 17.7 Å². The van der Waals surface area contributed by atoms with Crippen molar-refractivity contribution in [3.8, 4) is 6.07 Å². The van der Waals surface area contributed by atoms with Crippen LogP contribution in [0.25, 0.3) is 0 Å². The minimum absolute atomic E-state index is 0.0649. The molecule has 1 amide bonds. The number of anilines is 1. The van der Waals surface area contributed by atoms with Crippen LogP contribution in [0.3, 0.4) is 0 Å². The summed E-state index contributed by atoms with van der Waals surface area (Å²) in [6.07, 6.45) is 0.947. The zero-order valence-corrected chi connectivity index (χ0v) is 14.7. The molecule has 5 nitrogen and oxygen atoms in total. The van der Waals surface area contributed by atoms with Crippen LogP contribution in [0.5, 0.6) is 0 Å². The Morgan fingerprint density at radius 2 is 2.12 bits per heavy atom. The Hall–Kier alpha value is -2.58. The third-order valence-electron chi connectivity index (χ3n) is 5.43. The maximum Gasteiger partial charge on any atom is 0.262 e. The second-order valence-corrected chi connectivity index (χ2v) is 7.15. The van der Waals surface area contributed by atoms with E-state index in [1.807, 2.05) is 11.0 Å². The number of nitrogens with zero attached hydrogens (tertiary/aromatic N) is 3. The van der Waals surface area contributed by atoms with E-state index in [4.69, 9.17) is 9.68 Å². The molecule has 2 atom stereocenters. The van der Waals surface area contributed by atoms with Gasteiger partial charge in [0.2, 0.25) is 5.76 Å². The SMILES string of the molecule is Cc1ccc2c(c1)[C@H]1CN(C)CC[C@H]1N2C(=O)c1cc(C#N)oc1C. The number of carbonyl (C=O) groups is 1.